The Balaban J connectivity index is 3.02. The quantitative estimate of drug-likeness (QED) is 0.437. The second-order valence-corrected chi connectivity index (χ2v) is 4.05. The smallest absolute Gasteiger partial charge is 0.352 e. The van der Waals surface area contributed by atoms with E-state index in [1.165, 1.54) is 0 Å². The van der Waals surface area contributed by atoms with Crippen LogP contribution in [0.3, 0.4) is 0 Å². The third kappa shape index (κ3) is 3.78. The number of aryl methyl sites for hydroxylation is 1. The third-order valence-corrected chi connectivity index (χ3v) is 2.47. The summed E-state index contributed by atoms with van der Waals surface area (Å²) in [5, 5.41) is 0.606. The maximum Gasteiger partial charge on any atom is 0.352 e. The Labute approximate surface area is 101 Å². The molecule has 0 amide bonds. The highest BCUT2D eigenvalue weighted by atomic mass is 35.5. The Hall–Kier alpha value is -1.15. The number of unbranched alkanes of at least 4 members (excludes halogenated alkanes) is 1. The average molecular weight is 239 g/mol. The molecule has 0 bridgehead atoms. The fraction of sp³-hybridized carbons (Fsp3) is 0.385. The van der Waals surface area contributed by atoms with Crippen molar-refractivity contribution in [3.8, 4) is 5.75 Å². The van der Waals surface area contributed by atoms with Gasteiger partial charge in [-0.25, -0.2) is 4.42 Å². The molecule has 86 valence electrons. The number of rotatable bonds is 5. The fourth-order valence-corrected chi connectivity index (χ4v) is 1.55. The van der Waals surface area contributed by atoms with Gasteiger partial charge in [-0.2, -0.15) is 0 Å². The normalized spacial score (nSPS) is 11.6. The van der Waals surface area contributed by atoms with Crippen molar-refractivity contribution in [3.63, 3.8) is 0 Å². The van der Waals surface area contributed by atoms with Crippen LogP contribution in [0.2, 0.25) is 5.02 Å². The van der Waals surface area contributed by atoms with Gasteiger partial charge in [0.1, 0.15) is 0 Å². The van der Waals surface area contributed by atoms with Crippen molar-refractivity contribution < 1.29 is 9.22 Å². The first kappa shape index (κ1) is 12.9. The number of hydrogen-bond donors (Lipinski definition) is 0. The van der Waals surface area contributed by atoms with Gasteiger partial charge in [0.05, 0.1) is 16.7 Å². The van der Waals surface area contributed by atoms with Crippen LogP contribution in [0.5, 0.6) is 5.75 Å². The summed E-state index contributed by atoms with van der Waals surface area (Å²) in [6.07, 6.45) is 4.84. The van der Waals surface area contributed by atoms with Crippen molar-refractivity contribution in [3.05, 3.63) is 28.8 Å². The highest BCUT2D eigenvalue weighted by molar-refractivity contribution is 6.30. The Morgan fingerprint density at radius 1 is 1.50 bits per heavy atom. The molecule has 1 aromatic rings. The van der Waals surface area contributed by atoms with Crippen molar-refractivity contribution in [1.82, 2.24) is 0 Å². The van der Waals surface area contributed by atoms with E-state index < -0.39 is 0 Å². The molecule has 3 heteroatoms. The van der Waals surface area contributed by atoms with Crippen LogP contribution < -0.4 is 0 Å². The number of halogens is 1. The van der Waals surface area contributed by atoms with Crippen LogP contribution in [0.1, 0.15) is 32.3 Å². The molecule has 0 fully saturated rings. The summed E-state index contributed by atoms with van der Waals surface area (Å²) < 4.78 is 5.38. The summed E-state index contributed by atoms with van der Waals surface area (Å²) in [5.41, 5.74) is 1.07. The van der Waals surface area contributed by atoms with Crippen LogP contribution in [0, 0.1) is 0 Å². The predicted molar refractivity (Wildman–Crippen MR) is 65.9 cm³/mol. The van der Waals surface area contributed by atoms with Crippen molar-refractivity contribution in [2.45, 2.75) is 33.1 Å². The average Bonchev–Trinajstić information content (AvgIpc) is 2.28. The van der Waals surface area contributed by atoms with Gasteiger partial charge < -0.3 is 4.79 Å². The van der Waals surface area contributed by atoms with Crippen molar-refractivity contribution in [1.29, 1.82) is 0 Å². The second-order valence-electron chi connectivity index (χ2n) is 3.62. The van der Waals surface area contributed by atoms with E-state index in [1.54, 1.807) is 19.3 Å². The van der Waals surface area contributed by atoms with Gasteiger partial charge >= 0.3 is 5.75 Å². The molecule has 2 nitrogen and oxygen atoms in total. The van der Waals surface area contributed by atoms with Gasteiger partial charge in [0.2, 0.25) is 0 Å². The summed E-state index contributed by atoms with van der Waals surface area (Å²) in [5.74, 6) is 0.877. The van der Waals surface area contributed by atoms with E-state index in [9.17, 15) is 4.79 Å². The van der Waals surface area contributed by atoms with E-state index >= 15 is 0 Å². The van der Waals surface area contributed by atoms with Gasteiger partial charge in [-0.3, -0.25) is 0 Å². The lowest BCUT2D eigenvalue weighted by Gasteiger charge is -1.99. The van der Waals surface area contributed by atoms with Crippen LogP contribution in [-0.4, -0.2) is 12.1 Å². The maximum atomic E-state index is 10.4. The molecule has 0 heterocycles. The summed E-state index contributed by atoms with van der Waals surface area (Å²) in [7, 11) is 0. The highest BCUT2D eigenvalue weighted by Gasteiger charge is 2.11. The molecule has 0 atom stereocenters. The molecule has 0 aliphatic rings. The Morgan fingerprint density at radius 3 is 2.88 bits per heavy atom. The number of benzene rings is 1. The van der Waals surface area contributed by atoms with E-state index in [4.69, 9.17) is 16.0 Å². The standard InChI is InChI=1S/C13H15ClO2/c1-3-4-5-11-6-7-12(14)8-13(11)16-10(2)9-15/h6-8H,3-5H2,1-2H3. The van der Waals surface area contributed by atoms with Gasteiger partial charge in [-0.05, 0) is 25.0 Å². The lowest BCUT2D eigenvalue weighted by molar-refractivity contribution is -0.365. The second kappa shape index (κ2) is 6.44. The largest absolute Gasteiger partial charge is 0.529 e. The molecule has 1 rings (SSSR count). The summed E-state index contributed by atoms with van der Waals surface area (Å²) >= 11 is 5.89. The van der Waals surface area contributed by atoms with Crippen molar-refractivity contribution >= 4 is 23.7 Å². The lowest BCUT2D eigenvalue weighted by Crippen LogP contribution is -1.96. The van der Waals surface area contributed by atoms with Crippen molar-refractivity contribution in [2.24, 2.45) is 0 Å². The lowest BCUT2D eigenvalue weighted by atomic mass is 10.1. The van der Waals surface area contributed by atoms with Crippen LogP contribution in [0.4, 0.5) is 0 Å². The molecule has 16 heavy (non-hydrogen) atoms. The van der Waals surface area contributed by atoms with Gasteiger partial charge in [0.15, 0.2) is 5.78 Å². The number of carbonyl (C=O) groups excluding carboxylic acids is 2. The monoisotopic (exact) mass is 238 g/mol. The predicted octanol–water partition coefficient (Wildman–Crippen LogP) is 3.63. The SMILES string of the molecule is CCCCc1ccc(Cl)cc1[O+]=C(C)[C-]=O. The first-order valence-electron chi connectivity index (χ1n) is 5.35. The molecule has 0 aromatic heterocycles. The molecule has 0 saturated carbocycles. The summed E-state index contributed by atoms with van der Waals surface area (Å²) in [6.45, 7) is 3.71. The van der Waals surface area contributed by atoms with Crippen LogP contribution in [0.15, 0.2) is 18.2 Å². The van der Waals surface area contributed by atoms with E-state index in [-0.39, 0.29) is 5.78 Å². The van der Waals surface area contributed by atoms with E-state index in [2.05, 4.69) is 6.92 Å². The van der Waals surface area contributed by atoms with E-state index in [1.807, 2.05) is 12.1 Å². The molecule has 1 aromatic carbocycles. The molecule has 0 saturated heterocycles. The molecule has 0 spiro atoms. The van der Waals surface area contributed by atoms with E-state index in [0.29, 0.717) is 10.8 Å². The van der Waals surface area contributed by atoms with Crippen LogP contribution in [-0.2, 0) is 15.6 Å². The zero-order valence-electron chi connectivity index (χ0n) is 9.55. The minimum Gasteiger partial charge on any atom is -0.529 e. The molecule has 0 unspecified atom stereocenters. The molecule has 0 radical (unpaired) electrons. The highest BCUT2D eigenvalue weighted by Crippen LogP contribution is 2.25. The third-order valence-electron chi connectivity index (χ3n) is 2.24. The molecule has 0 aliphatic heterocycles. The number of hydrogen-bond acceptors (Lipinski definition) is 1. The van der Waals surface area contributed by atoms with Gasteiger partial charge in [-0.1, -0.05) is 24.9 Å². The van der Waals surface area contributed by atoms with Gasteiger partial charge in [0, 0.05) is 6.92 Å². The Kier molecular flexibility index (Phi) is 5.20. The minimum atomic E-state index is 0.222. The van der Waals surface area contributed by atoms with Gasteiger partial charge in [-0.15, -0.1) is 6.29 Å². The van der Waals surface area contributed by atoms with Crippen molar-refractivity contribution in [2.75, 3.05) is 0 Å². The zero-order valence-corrected chi connectivity index (χ0v) is 10.3. The minimum absolute atomic E-state index is 0.222. The molecule has 0 N–H and O–H groups in total. The van der Waals surface area contributed by atoms with Crippen LogP contribution in [0.25, 0.3) is 0 Å². The summed E-state index contributed by atoms with van der Waals surface area (Å²) in [4.78, 5) is 10.4. The maximum absolute atomic E-state index is 10.4. The van der Waals surface area contributed by atoms with Gasteiger partial charge in [0.25, 0.3) is 0 Å². The number of ketones is 1. The molecular formula is C13H15ClO2. The Bertz CT molecular complexity index is 397. The zero-order chi connectivity index (χ0) is 12.0. The molecular weight excluding hydrogens is 224 g/mol. The van der Waals surface area contributed by atoms with E-state index in [0.717, 1.165) is 24.8 Å². The first-order valence-corrected chi connectivity index (χ1v) is 5.73. The first-order chi connectivity index (χ1) is 7.67. The Morgan fingerprint density at radius 2 is 2.25 bits per heavy atom. The fourth-order valence-electron chi connectivity index (χ4n) is 1.38. The van der Waals surface area contributed by atoms with Crippen LogP contribution >= 0.6 is 11.6 Å². The summed E-state index contributed by atoms with van der Waals surface area (Å²) in [6, 6.07) is 5.50. The molecule has 0 aliphatic carbocycles. The topological polar surface area (TPSA) is 28.4 Å².